The van der Waals surface area contributed by atoms with Crippen molar-refractivity contribution in [3.63, 3.8) is 0 Å². The molecule has 0 amide bonds. The number of imidazole rings is 1. The van der Waals surface area contributed by atoms with E-state index in [0.717, 1.165) is 19.5 Å². The third-order valence-electron chi connectivity index (χ3n) is 3.94. The fourth-order valence-electron chi connectivity index (χ4n) is 2.73. The second-order valence-corrected chi connectivity index (χ2v) is 5.78. The maximum atomic E-state index is 4.86. The number of hydrogen-bond acceptors (Lipinski definition) is 2. The summed E-state index contributed by atoms with van der Waals surface area (Å²) in [5.41, 5.74) is 3.18. The van der Waals surface area contributed by atoms with Crippen LogP contribution in [0.25, 0.3) is 0 Å². The van der Waals surface area contributed by atoms with E-state index in [-0.39, 0.29) is 0 Å². The Bertz CT molecular complexity index is 413. The second-order valence-electron chi connectivity index (χ2n) is 5.78. The molecule has 2 aliphatic rings. The van der Waals surface area contributed by atoms with Gasteiger partial charge in [0.1, 0.15) is 5.82 Å². The van der Waals surface area contributed by atoms with Crippen LogP contribution in [0, 0.1) is 0 Å². The summed E-state index contributed by atoms with van der Waals surface area (Å²) in [6.45, 7) is 8.94. The molecule has 0 aromatic carbocycles. The van der Waals surface area contributed by atoms with E-state index in [9.17, 15) is 0 Å². The van der Waals surface area contributed by atoms with E-state index < -0.39 is 0 Å². The van der Waals surface area contributed by atoms with Gasteiger partial charge in [-0.1, -0.05) is 13.8 Å². The molecule has 0 bridgehead atoms. The van der Waals surface area contributed by atoms with Crippen LogP contribution >= 0.6 is 0 Å². The highest BCUT2D eigenvalue weighted by Gasteiger charge is 2.43. The second kappa shape index (κ2) is 3.33. The maximum Gasteiger partial charge on any atom is 0.112 e. The molecule has 3 rings (SSSR count). The van der Waals surface area contributed by atoms with Gasteiger partial charge in [0.25, 0.3) is 0 Å². The standard InChI is InChI=1S/C13H21N3/c1-9(2)12-15-10-8-14-7-4-11(10)16(12)13(3)5-6-13/h9,14H,4-8H2,1-3H3. The Kier molecular flexibility index (Phi) is 2.15. The number of nitrogens with one attached hydrogen (secondary N) is 1. The summed E-state index contributed by atoms with van der Waals surface area (Å²) >= 11 is 0. The molecule has 0 unspecified atom stereocenters. The van der Waals surface area contributed by atoms with Crippen LogP contribution in [-0.4, -0.2) is 16.1 Å². The van der Waals surface area contributed by atoms with Crippen LogP contribution in [0.2, 0.25) is 0 Å². The fraction of sp³-hybridized carbons (Fsp3) is 0.769. The van der Waals surface area contributed by atoms with Crippen molar-refractivity contribution in [1.29, 1.82) is 0 Å². The first kappa shape index (κ1) is 10.3. The van der Waals surface area contributed by atoms with E-state index in [1.54, 1.807) is 0 Å². The highest BCUT2D eigenvalue weighted by Crippen LogP contribution is 2.46. The van der Waals surface area contributed by atoms with Gasteiger partial charge in [0.2, 0.25) is 0 Å². The van der Waals surface area contributed by atoms with Gasteiger partial charge in [0.05, 0.1) is 5.69 Å². The van der Waals surface area contributed by atoms with E-state index in [1.807, 2.05) is 0 Å². The summed E-state index contributed by atoms with van der Waals surface area (Å²) < 4.78 is 2.56. The van der Waals surface area contributed by atoms with Crippen LogP contribution in [0.15, 0.2) is 0 Å². The van der Waals surface area contributed by atoms with E-state index in [4.69, 9.17) is 4.98 Å². The molecule has 3 nitrogen and oxygen atoms in total. The van der Waals surface area contributed by atoms with Crippen molar-refractivity contribution in [2.75, 3.05) is 6.54 Å². The van der Waals surface area contributed by atoms with Gasteiger partial charge in [-0.3, -0.25) is 0 Å². The fourth-order valence-corrected chi connectivity index (χ4v) is 2.73. The average Bonchev–Trinajstić information content (AvgIpc) is 2.87. The third kappa shape index (κ3) is 1.41. The van der Waals surface area contributed by atoms with E-state index >= 15 is 0 Å². The SMILES string of the molecule is CC(C)c1nc2c(n1C1(C)CC1)CCNC2. The lowest BCUT2D eigenvalue weighted by Gasteiger charge is -2.22. The highest BCUT2D eigenvalue weighted by molar-refractivity contribution is 5.25. The van der Waals surface area contributed by atoms with Crippen molar-refractivity contribution in [2.45, 2.75) is 58.0 Å². The smallest absolute Gasteiger partial charge is 0.112 e. The Morgan fingerprint density at radius 2 is 2.12 bits per heavy atom. The summed E-state index contributed by atoms with van der Waals surface area (Å²) in [5, 5.41) is 3.42. The predicted octanol–water partition coefficient (Wildman–Crippen LogP) is 2.16. The molecule has 1 aromatic rings. The predicted molar refractivity (Wildman–Crippen MR) is 64.6 cm³/mol. The first-order chi connectivity index (χ1) is 7.62. The van der Waals surface area contributed by atoms with Crippen LogP contribution in [0.4, 0.5) is 0 Å². The van der Waals surface area contributed by atoms with Crippen LogP contribution < -0.4 is 5.32 Å². The van der Waals surface area contributed by atoms with Gasteiger partial charge in [-0.15, -0.1) is 0 Å². The van der Waals surface area contributed by atoms with Crippen molar-refractivity contribution in [3.05, 3.63) is 17.2 Å². The summed E-state index contributed by atoms with van der Waals surface area (Å²) in [5.74, 6) is 1.83. The van der Waals surface area contributed by atoms with Crippen molar-refractivity contribution in [2.24, 2.45) is 0 Å². The minimum Gasteiger partial charge on any atom is -0.326 e. The van der Waals surface area contributed by atoms with Crippen molar-refractivity contribution in [1.82, 2.24) is 14.9 Å². The van der Waals surface area contributed by atoms with Gasteiger partial charge in [0, 0.05) is 36.7 Å². The molecule has 2 heterocycles. The van der Waals surface area contributed by atoms with Crippen LogP contribution in [-0.2, 0) is 18.5 Å². The molecule has 1 aromatic heterocycles. The molecule has 0 atom stereocenters. The molecule has 1 fully saturated rings. The van der Waals surface area contributed by atoms with Crippen LogP contribution in [0.5, 0.6) is 0 Å². The molecule has 1 aliphatic heterocycles. The molecule has 16 heavy (non-hydrogen) atoms. The quantitative estimate of drug-likeness (QED) is 0.826. The largest absolute Gasteiger partial charge is 0.326 e. The summed E-state index contributed by atoms with van der Waals surface area (Å²) in [6, 6.07) is 0. The molecule has 1 saturated carbocycles. The van der Waals surface area contributed by atoms with Crippen LogP contribution in [0.3, 0.4) is 0 Å². The topological polar surface area (TPSA) is 29.9 Å². The molecule has 0 saturated heterocycles. The summed E-state index contributed by atoms with van der Waals surface area (Å²) in [7, 11) is 0. The van der Waals surface area contributed by atoms with Gasteiger partial charge < -0.3 is 9.88 Å². The van der Waals surface area contributed by atoms with Gasteiger partial charge >= 0.3 is 0 Å². The molecular formula is C13H21N3. The zero-order valence-electron chi connectivity index (χ0n) is 10.5. The zero-order chi connectivity index (χ0) is 11.3. The number of fused-ring (bicyclic) bond motifs is 1. The van der Waals surface area contributed by atoms with E-state index in [2.05, 4.69) is 30.7 Å². The molecule has 88 valence electrons. The van der Waals surface area contributed by atoms with Gasteiger partial charge in [-0.25, -0.2) is 4.98 Å². The van der Waals surface area contributed by atoms with Crippen molar-refractivity contribution >= 4 is 0 Å². The van der Waals surface area contributed by atoms with Gasteiger partial charge in [-0.2, -0.15) is 0 Å². The highest BCUT2D eigenvalue weighted by atomic mass is 15.2. The van der Waals surface area contributed by atoms with Gasteiger partial charge in [-0.05, 0) is 19.8 Å². The normalized spacial score (nSPS) is 22.2. The molecule has 0 spiro atoms. The molecule has 1 aliphatic carbocycles. The monoisotopic (exact) mass is 219 g/mol. The zero-order valence-corrected chi connectivity index (χ0v) is 10.5. The number of hydrogen-bond donors (Lipinski definition) is 1. The molecule has 0 radical (unpaired) electrons. The summed E-state index contributed by atoms with van der Waals surface area (Å²) in [4.78, 5) is 4.86. The Balaban J connectivity index is 2.14. The first-order valence-corrected chi connectivity index (χ1v) is 6.43. The first-order valence-electron chi connectivity index (χ1n) is 6.43. The molecular weight excluding hydrogens is 198 g/mol. The lowest BCUT2D eigenvalue weighted by atomic mass is 10.1. The molecule has 1 N–H and O–H groups in total. The Labute approximate surface area is 97.3 Å². The molecule has 3 heteroatoms. The van der Waals surface area contributed by atoms with Gasteiger partial charge in [0.15, 0.2) is 0 Å². The lowest BCUT2D eigenvalue weighted by molar-refractivity contribution is 0.468. The van der Waals surface area contributed by atoms with E-state index in [1.165, 1.54) is 30.1 Å². The minimum absolute atomic E-state index is 0.386. The van der Waals surface area contributed by atoms with Crippen LogP contribution in [0.1, 0.15) is 56.7 Å². The maximum absolute atomic E-state index is 4.86. The Hall–Kier alpha value is -0.830. The number of aromatic nitrogens is 2. The number of rotatable bonds is 2. The third-order valence-corrected chi connectivity index (χ3v) is 3.94. The Morgan fingerprint density at radius 1 is 1.38 bits per heavy atom. The number of nitrogens with zero attached hydrogens (tertiary/aromatic N) is 2. The van der Waals surface area contributed by atoms with E-state index in [0.29, 0.717) is 11.5 Å². The lowest BCUT2D eigenvalue weighted by Crippen LogP contribution is -2.27. The van der Waals surface area contributed by atoms with Crippen molar-refractivity contribution in [3.8, 4) is 0 Å². The minimum atomic E-state index is 0.386. The Morgan fingerprint density at radius 3 is 2.75 bits per heavy atom. The van der Waals surface area contributed by atoms with Crippen molar-refractivity contribution < 1.29 is 0 Å². The average molecular weight is 219 g/mol. The summed E-state index contributed by atoms with van der Waals surface area (Å²) in [6.07, 6.45) is 3.79.